The third kappa shape index (κ3) is 2.48. The van der Waals surface area contributed by atoms with Crippen molar-refractivity contribution in [3.63, 3.8) is 0 Å². The van der Waals surface area contributed by atoms with E-state index in [0.29, 0.717) is 0 Å². The normalized spacial score (nSPS) is 38.0. The molecule has 1 aromatic rings. The van der Waals surface area contributed by atoms with Crippen LogP contribution >= 0.6 is 0 Å². The molecule has 1 heterocycles. The largest absolute Gasteiger partial charge is 0.388 e. The van der Waals surface area contributed by atoms with E-state index in [-0.39, 0.29) is 13.0 Å². The van der Waals surface area contributed by atoms with Gasteiger partial charge in [0.1, 0.15) is 18.3 Å². The molecule has 0 saturated carbocycles. The van der Waals surface area contributed by atoms with Crippen molar-refractivity contribution in [3.05, 3.63) is 35.9 Å². The molecule has 0 bridgehead atoms. The molecule has 0 radical (unpaired) electrons. The van der Waals surface area contributed by atoms with E-state index in [1.54, 1.807) is 24.3 Å². The van der Waals surface area contributed by atoms with Crippen LogP contribution in [-0.4, -0.2) is 51.1 Å². The molecule has 0 unspecified atom stereocenters. The smallest absolute Gasteiger partial charge is 0.198 e. The summed E-state index contributed by atoms with van der Waals surface area (Å²) in [5.74, 6) is -1.86. The second-order valence-corrected chi connectivity index (χ2v) is 4.32. The van der Waals surface area contributed by atoms with Crippen LogP contribution in [0.15, 0.2) is 30.3 Å². The number of rotatable bonds is 2. The first-order valence-corrected chi connectivity index (χ1v) is 5.47. The predicted octanol–water partition coefficient (Wildman–Crippen LogP) is -0.969. The zero-order valence-electron chi connectivity index (χ0n) is 9.23. The minimum atomic E-state index is -1.86. The lowest BCUT2D eigenvalue weighted by molar-refractivity contribution is -0.320. The number of hydrogen-bond donors (Lipinski definition) is 4. The molecule has 17 heavy (non-hydrogen) atoms. The molecular weight excluding hydrogens is 224 g/mol. The van der Waals surface area contributed by atoms with E-state index >= 15 is 0 Å². The van der Waals surface area contributed by atoms with Crippen LogP contribution < -0.4 is 0 Å². The highest BCUT2D eigenvalue weighted by molar-refractivity contribution is 5.17. The summed E-state index contributed by atoms with van der Waals surface area (Å²) < 4.78 is 5.06. The molecule has 94 valence electrons. The van der Waals surface area contributed by atoms with Crippen LogP contribution in [0.4, 0.5) is 0 Å². The Morgan fingerprint density at radius 1 is 1.18 bits per heavy atom. The predicted molar refractivity (Wildman–Crippen MR) is 59.1 cm³/mol. The van der Waals surface area contributed by atoms with Gasteiger partial charge in [-0.15, -0.1) is 0 Å². The number of aliphatic hydroxyl groups excluding tert-OH is 3. The van der Waals surface area contributed by atoms with Crippen LogP contribution in [0.1, 0.15) is 5.56 Å². The molecule has 2 rings (SSSR count). The molecule has 5 nitrogen and oxygen atoms in total. The van der Waals surface area contributed by atoms with E-state index in [1.165, 1.54) is 0 Å². The topological polar surface area (TPSA) is 90.2 Å². The first-order chi connectivity index (χ1) is 8.03. The van der Waals surface area contributed by atoms with Crippen LogP contribution in [0.2, 0.25) is 0 Å². The fraction of sp³-hybridized carbons (Fsp3) is 0.500. The standard InChI is InChI=1S/C12H16O5/c13-9-7-17-12(16,11(15)10(9)14)6-8-4-2-1-3-5-8/h1-5,9-11,13-16H,6-7H2/t9-,10-,11+,12-/m0/s1. The summed E-state index contributed by atoms with van der Waals surface area (Å²) in [6, 6.07) is 9.01. The van der Waals surface area contributed by atoms with Gasteiger partial charge < -0.3 is 25.2 Å². The van der Waals surface area contributed by atoms with Gasteiger partial charge in [-0.3, -0.25) is 0 Å². The molecule has 0 aromatic heterocycles. The van der Waals surface area contributed by atoms with E-state index in [1.807, 2.05) is 6.07 Å². The molecule has 1 fully saturated rings. The third-order valence-corrected chi connectivity index (χ3v) is 2.98. The molecule has 1 aliphatic rings. The average molecular weight is 240 g/mol. The van der Waals surface area contributed by atoms with Gasteiger partial charge >= 0.3 is 0 Å². The molecule has 1 aromatic carbocycles. The Morgan fingerprint density at radius 3 is 2.47 bits per heavy atom. The van der Waals surface area contributed by atoms with E-state index in [0.717, 1.165) is 5.56 Å². The fourth-order valence-electron chi connectivity index (χ4n) is 1.93. The number of benzene rings is 1. The Morgan fingerprint density at radius 2 is 1.82 bits per heavy atom. The van der Waals surface area contributed by atoms with Crippen LogP contribution in [-0.2, 0) is 11.2 Å². The van der Waals surface area contributed by atoms with Gasteiger partial charge in [-0.2, -0.15) is 0 Å². The number of aliphatic hydroxyl groups is 4. The van der Waals surface area contributed by atoms with Crippen LogP contribution in [0.5, 0.6) is 0 Å². The van der Waals surface area contributed by atoms with Crippen molar-refractivity contribution in [2.75, 3.05) is 6.61 Å². The molecule has 1 saturated heterocycles. The van der Waals surface area contributed by atoms with Crippen molar-refractivity contribution in [1.29, 1.82) is 0 Å². The summed E-state index contributed by atoms with van der Waals surface area (Å²) in [5, 5.41) is 38.7. The molecule has 0 amide bonds. The summed E-state index contributed by atoms with van der Waals surface area (Å²) in [6.45, 7) is -0.207. The summed E-state index contributed by atoms with van der Waals surface area (Å²) in [4.78, 5) is 0. The summed E-state index contributed by atoms with van der Waals surface area (Å²) in [5.41, 5.74) is 0.776. The van der Waals surface area contributed by atoms with Crippen molar-refractivity contribution in [2.45, 2.75) is 30.5 Å². The minimum absolute atomic E-state index is 0.0544. The van der Waals surface area contributed by atoms with E-state index in [4.69, 9.17) is 4.74 Å². The molecule has 4 atom stereocenters. The van der Waals surface area contributed by atoms with Crippen LogP contribution in [0, 0.1) is 0 Å². The zero-order valence-corrected chi connectivity index (χ0v) is 9.23. The van der Waals surface area contributed by atoms with Gasteiger partial charge in [0.25, 0.3) is 0 Å². The number of hydrogen-bond acceptors (Lipinski definition) is 5. The van der Waals surface area contributed by atoms with Gasteiger partial charge in [0.2, 0.25) is 0 Å². The highest BCUT2D eigenvalue weighted by Crippen LogP contribution is 2.27. The van der Waals surface area contributed by atoms with Crippen LogP contribution in [0.3, 0.4) is 0 Å². The second-order valence-electron chi connectivity index (χ2n) is 4.32. The highest BCUT2D eigenvalue weighted by atomic mass is 16.6. The lowest BCUT2D eigenvalue weighted by Gasteiger charge is -2.41. The van der Waals surface area contributed by atoms with Crippen molar-refractivity contribution >= 4 is 0 Å². The Labute approximate surface area is 98.9 Å². The second kappa shape index (κ2) is 4.72. The van der Waals surface area contributed by atoms with Gasteiger partial charge in [-0.05, 0) is 5.56 Å². The third-order valence-electron chi connectivity index (χ3n) is 2.98. The van der Waals surface area contributed by atoms with E-state index < -0.39 is 24.1 Å². The highest BCUT2D eigenvalue weighted by Gasteiger charge is 2.48. The number of ether oxygens (including phenoxy) is 1. The Bertz CT molecular complexity index is 368. The van der Waals surface area contributed by atoms with E-state index in [2.05, 4.69) is 0 Å². The van der Waals surface area contributed by atoms with Crippen molar-refractivity contribution < 1.29 is 25.2 Å². The lowest BCUT2D eigenvalue weighted by Crippen LogP contribution is -2.61. The maximum Gasteiger partial charge on any atom is 0.198 e. The first-order valence-electron chi connectivity index (χ1n) is 5.47. The van der Waals surface area contributed by atoms with Crippen molar-refractivity contribution in [3.8, 4) is 0 Å². The average Bonchev–Trinajstić information content (AvgIpc) is 2.34. The van der Waals surface area contributed by atoms with E-state index in [9.17, 15) is 20.4 Å². The monoisotopic (exact) mass is 240 g/mol. The molecular formula is C12H16O5. The first kappa shape index (κ1) is 12.5. The fourth-order valence-corrected chi connectivity index (χ4v) is 1.93. The Kier molecular flexibility index (Phi) is 3.46. The molecule has 0 aliphatic carbocycles. The zero-order chi connectivity index (χ0) is 12.5. The summed E-state index contributed by atoms with van der Waals surface area (Å²) >= 11 is 0. The quantitative estimate of drug-likeness (QED) is 0.534. The van der Waals surface area contributed by atoms with Gasteiger partial charge in [0, 0.05) is 6.42 Å². The maximum atomic E-state index is 10.1. The minimum Gasteiger partial charge on any atom is -0.388 e. The maximum absolute atomic E-state index is 10.1. The lowest BCUT2D eigenvalue weighted by atomic mass is 9.92. The van der Waals surface area contributed by atoms with Gasteiger partial charge in [0.15, 0.2) is 5.79 Å². The Balaban J connectivity index is 2.14. The van der Waals surface area contributed by atoms with Gasteiger partial charge in [-0.1, -0.05) is 30.3 Å². The molecule has 4 N–H and O–H groups in total. The summed E-state index contributed by atoms with van der Waals surface area (Å²) in [6.07, 6.45) is -4.07. The SMILES string of the molecule is O[C@@H]1[C@@H](O)[C@](O)(Cc2ccccc2)OC[C@@H]1O. The van der Waals surface area contributed by atoms with Crippen molar-refractivity contribution in [1.82, 2.24) is 0 Å². The van der Waals surface area contributed by atoms with Crippen molar-refractivity contribution in [2.24, 2.45) is 0 Å². The molecule has 5 heteroatoms. The van der Waals surface area contributed by atoms with Gasteiger partial charge in [0.05, 0.1) is 6.61 Å². The summed E-state index contributed by atoms with van der Waals surface area (Å²) in [7, 11) is 0. The molecule has 0 spiro atoms. The van der Waals surface area contributed by atoms with Crippen LogP contribution in [0.25, 0.3) is 0 Å². The molecule has 1 aliphatic heterocycles. The Hall–Kier alpha value is -0.980. The van der Waals surface area contributed by atoms with Gasteiger partial charge in [-0.25, -0.2) is 0 Å².